The molecule has 2 heterocycles. The van der Waals surface area contributed by atoms with Gasteiger partial charge >= 0.3 is 0 Å². The first kappa shape index (κ1) is 15.1. The van der Waals surface area contributed by atoms with Crippen molar-refractivity contribution >= 4 is 28.8 Å². The second-order valence-corrected chi connectivity index (χ2v) is 5.88. The summed E-state index contributed by atoms with van der Waals surface area (Å²) in [5.41, 5.74) is 2.72. The Bertz CT molecular complexity index is 860. The van der Waals surface area contributed by atoms with Crippen LogP contribution in [0, 0.1) is 6.92 Å². The number of rotatable bonds is 3. The third-order valence-corrected chi connectivity index (χ3v) is 4.21. The summed E-state index contributed by atoms with van der Waals surface area (Å²) in [6, 6.07) is 5.27. The van der Waals surface area contributed by atoms with Gasteiger partial charge in [-0.1, -0.05) is 36.2 Å². The van der Waals surface area contributed by atoms with Crippen LogP contribution >= 0.6 is 23.2 Å². The number of benzene rings is 1. The average Bonchev–Trinajstić information content (AvgIpc) is 2.85. The Hall–Kier alpha value is -1.85. The second-order valence-electron chi connectivity index (χ2n) is 5.04. The zero-order chi connectivity index (χ0) is 15.9. The molecule has 0 spiro atoms. The zero-order valence-corrected chi connectivity index (χ0v) is 13.7. The number of nitrogens with zero attached hydrogens (tertiary/aromatic N) is 4. The molecule has 0 saturated heterocycles. The van der Waals surface area contributed by atoms with Crippen molar-refractivity contribution in [3.8, 4) is 5.75 Å². The lowest BCUT2D eigenvalue weighted by Crippen LogP contribution is -2.29. The summed E-state index contributed by atoms with van der Waals surface area (Å²) in [7, 11) is 0. The van der Waals surface area contributed by atoms with Gasteiger partial charge in [0.1, 0.15) is 6.54 Å². The highest BCUT2D eigenvalue weighted by Crippen LogP contribution is 2.24. The molecule has 0 unspecified atom stereocenters. The molecule has 5 nitrogen and oxygen atoms in total. The smallest absolute Gasteiger partial charge is 0.289 e. The molecule has 0 radical (unpaired) electrons. The van der Waals surface area contributed by atoms with Crippen LogP contribution in [-0.4, -0.2) is 14.9 Å². The van der Waals surface area contributed by atoms with Crippen LogP contribution in [0.4, 0.5) is 0 Å². The first-order valence-corrected chi connectivity index (χ1v) is 7.64. The van der Waals surface area contributed by atoms with Gasteiger partial charge in [0.15, 0.2) is 0 Å². The summed E-state index contributed by atoms with van der Waals surface area (Å²) in [6.07, 6.45) is 2.17. The van der Waals surface area contributed by atoms with Gasteiger partial charge in [0.2, 0.25) is 0 Å². The SMILES string of the molecule is CCc1c(C)n[n+]2cnn(Cc3ccc(Cl)cc3Cl)c2c1[O-]. The van der Waals surface area contributed by atoms with E-state index in [2.05, 4.69) is 10.2 Å². The summed E-state index contributed by atoms with van der Waals surface area (Å²) in [6.45, 7) is 4.16. The molecule has 0 atom stereocenters. The van der Waals surface area contributed by atoms with Crippen molar-refractivity contribution < 1.29 is 9.62 Å². The fraction of sp³-hybridized carbons (Fsp3) is 0.267. The van der Waals surface area contributed by atoms with Crippen molar-refractivity contribution in [2.75, 3.05) is 0 Å². The van der Waals surface area contributed by atoms with E-state index in [9.17, 15) is 5.11 Å². The molecule has 1 aromatic carbocycles. The maximum absolute atomic E-state index is 12.6. The van der Waals surface area contributed by atoms with Crippen LogP contribution in [0.3, 0.4) is 0 Å². The topological polar surface area (TPSA) is 57.9 Å². The minimum atomic E-state index is -0.0439. The van der Waals surface area contributed by atoms with Gasteiger partial charge < -0.3 is 5.11 Å². The molecule has 0 bridgehead atoms. The number of fused-ring (bicyclic) bond motifs is 1. The standard InChI is InChI=1S/C15H14Cl2N4O/c1-3-12-9(2)19-21-8-18-20(15(21)14(12)22)7-10-4-5-11(16)6-13(10)17/h4-6,8H,3,7H2,1-2H3. The Morgan fingerprint density at radius 1 is 1.32 bits per heavy atom. The first-order valence-electron chi connectivity index (χ1n) is 6.89. The van der Waals surface area contributed by atoms with Crippen molar-refractivity contribution in [3.05, 3.63) is 51.4 Å². The highest BCUT2D eigenvalue weighted by Gasteiger charge is 2.18. The van der Waals surface area contributed by atoms with Crippen molar-refractivity contribution in [2.45, 2.75) is 26.8 Å². The molecule has 3 rings (SSSR count). The average molecular weight is 337 g/mol. The van der Waals surface area contributed by atoms with E-state index < -0.39 is 0 Å². The maximum Gasteiger partial charge on any atom is 0.289 e. The van der Waals surface area contributed by atoms with Gasteiger partial charge in [-0.3, -0.25) is 0 Å². The molecular formula is C15H14Cl2N4O. The summed E-state index contributed by atoms with van der Waals surface area (Å²) in [5.74, 6) is -0.0439. The van der Waals surface area contributed by atoms with Gasteiger partial charge in [-0.15, -0.1) is 14.3 Å². The van der Waals surface area contributed by atoms with E-state index in [1.807, 2.05) is 19.9 Å². The third-order valence-electron chi connectivity index (χ3n) is 3.62. The monoisotopic (exact) mass is 336 g/mol. The molecule has 3 aromatic rings. The van der Waals surface area contributed by atoms with Crippen molar-refractivity contribution in [3.63, 3.8) is 0 Å². The Morgan fingerprint density at radius 3 is 2.77 bits per heavy atom. The highest BCUT2D eigenvalue weighted by molar-refractivity contribution is 6.35. The molecule has 114 valence electrons. The fourth-order valence-corrected chi connectivity index (χ4v) is 2.97. The molecular weight excluding hydrogens is 323 g/mol. The number of hydrogen-bond donors (Lipinski definition) is 0. The van der Waals surface area contributed by atoms with E-state index in [0.717, 1.165) is 11.3 Å². The lowest BCUT2D eigenvalue weighted by molar-refractivity contribution is -0.585. The third kappa shape index (κ3) is 2.51. The van der Waals surface area contributed by atoms with Gasteiger partial charge in [-0.2, -0.15) is 0 Å². The van der Waals surface area contributed by atoms with Gasteiger partial charge in [-0.25, -0.2) is 0 Å². The number of aryl methyl sites for hydroxylation is 1. The molecule has 0 aliphatic carbocycles. The summed E-state index contributed by atoms with van der Waals surface area (Å²) < 4.78 is 3.13. The van der Waals surface area contributed by atoms with Crippen molar-refractivity contribution in [1.82, 2.24) is 14.9 Å². The van der Waals surface area contributed by atoms with Crippen LogP contribution in [0.1, 0.15) is 23.7 Å². The van der Waals surface area contributed by atoms with E-state index in [-0.39, 0.29) is 5.75 Å². The van der Waals surface area contributed by atoms with Crippen molar-refractivity contribution in [1.29, 1.82) is 0 Å². The second kappa shape index (κ2) is 5.74. The highest BCUT2D eigenvalue weighted by atomic mass is 35.5. The number of hydrogen-bond acceptors (Lipinski definition) is 3. The van der Waals surface area contributed by atoms with Crippen LogP contribution in [0.15, 0.2) is 24.5 Å². The van der Waals surface area contributed by atoms with E-state index >= 15 is 0 Å². The Balaban J connectivity index is 2.12. The van der Waals surface area contributed by atoms with E-state index in [4.69, 9.17) is 23.2 Å². The molecule has 2 aromatic heterocycles. The van der Waals surface area contributed by atoms with E-state index in [1.54, 1.807) is 16.8 Å². The van der Waals surface area contributed by atoms with Crippen LogP contribution in [0.2, 0.25) is 10.0 Å². The Labute approximate surface area is 137 Å². The molecule has 22 heavy (non-hydrogen) atoms. The summed E-state index contributed by atoms with van der Waals surface area (Å²) >= 11 is 12.1. The first-order chi connectivity index (χ1) is 10.5. The maximum atomic E-state index is 12.6. The molecule has 0 N–H and O–H groups in total. The van der Waals surface area contributed by atoms with Gasteiger partial charge in [0.05, 0.1) is 5.69 Å². The quantitative estimate of drug-likeness (QED) is 0.689. The number of aromatic nitrogens is 4. The largest absolute Gasteiger partial charge is 0.868 e. The lowest BCUT2D eigenvalue weighted by Gasteiger charge is -2.13. The van der Waals surface area contributed by atoms with Crippen LogP contribution in [0.5, 0.6) is 5.75 Å². The molecule has 0 fully saturated rings. The van der Waals surface area contributed by atoms with Crippen molar-refractivity contribution in [2.24, 2.45) is 0 Å². The van der Waals surface area contributed by atoms with E-state index in [0.29, 0.717) is 34.2 Å². The van der Waals surface area contributed by atoms with Crippen LogP contribution < -0.4 is 9.62 Å². The van der Waals surface area contributed by atoms with Crippen LogP contribution in [-0.2, 0) is 13.0 Å². The normalized spacial score (nSPS) is 11.3. The predicted octanol–water partition coefficient (Wildman–Crippen LogP) is 2.32. The zero-order valence-electron chi connectivity index (χ0n) is 12.2. The molecule has 0 amide bonds. The molecule has 0 aliphatic rings. The van der Waals surface area contributed by atoms with Gasteiger partial charge in [-0.05, 0) is 36.8 Å². The number of halogens is 2. The fourth-order valence-electron chi connectivity index (χ4n) is 2.50. The summed E-state index contributed by atoms with van der Waals surface area (Å²) in [4.78, 5) is 0. The van der Waals surface area contributed by atoms with Gasteiger partial charge in [0, 0.05) is 20.7 Å². The Morgan fingerprint density at radius 2 is 2.09 bits per heavy atom. The van der Waals surface area contributed by atoms with E-state index in [1.165, 1.54) is 10.8 Å². The summed E-state index contributed by atoms with van der Waals surface area (Å²) in [5, 5.41) is 22.4. The molecule has 0 aliphatic heterocycles. The molecule has 7 heteroatoms. The molecule has 0 saturated carbocycles. The minimum Gasteiger partial charge on any atom is -0.868 e. The lowest BCUT2D eigenvalue weighted by atomic mass is 10.1. The van der Waals surface area contributed by atoms with Crippen LogP contribution in [0.25, 0.3) is 5.65 Å². The predicted molar refractivity (Wildman–Crippen MR) is 82.3 cm³/mol. The van der Waals surface area contributed by atoms with Gasteiger partial charge in [0.25, 0.3) is 12.0 Å². The minimum absolute atomic E-state index is 0.0439. The Kier molecular flexibility index (Phi) is 3.93.